The van der Waals surface area contributed by atoms with Crippen molar-refractivity contribution in [3.05, 3.63) is 84.5 Å². The van der Waals surface area contributed by atoms with Gasteiger partial charge < -0.3 is 4.74 Å². The summed E-state index contributed by atoms with van der Waals surface area (Å²) in [6.45, 7) is 10.8. The van der Waals surface area contributed by atoms with E-state index in [4.69, 9.17) is 4.74 Å². The minimum Gasteiger partial charge on any atom is -0.364 e. The van der Waals surface area contributed by atoms with E-state index >= 15 is 0 Å². The summed E-state index contributed by atoms with van der Waals surface area (Å²) >= 11 is 0. The SMILES string of the molecule is C=C(C)CC(=C)COCC#Cc1cc2ccccc2c2ccccc12. The number of ether oxygens (including phenoxy) is 1. The predicted molar refractivity (Wildman–Crippen MR) is 108 cm³/mol. The Hall–Kier alpha value is -2.82. The summed E-state index contributed by atoms with van der Waals surface area (Å²) in [5, 5.41) is 4.89. The van der Waals surface area contributed by atoms with Crippen LogP contribution in [0.3, 0.4) is 0 Å². The first kappa shape index (κ1) is 17.0. The zero-order chi connectivity index (χ0) is 17.6. The van der Waals surface area contributed by atoms with Gasteiger partial charge in [-0.25, -0.2) is 0 Å². The number of rotatable bonds is 5. The Kier molecular flexibility index (Phi) is 5.33. The minimum absolute atomic E-state index is 0.399. The van der Waals surface area contributed by atoms with Crippen molar-refractivity contribution in [1.29, 1.82) is 0 Å². The van der Waals surface area contributed by atoms with Gasteiger partial charge >= 0.3 is 0 Å². The van der Waals surface area contributed by atoms with Gasteiger partial charge in [0.1, 0.15) is 6.61 Å². The van der Waals surface area contributed by atoms with Crippen LogP contribution in [0.25, 0.3) is 21.5 Å². The Morgan fingerprint density at radius 2 is 1.64 bits per heavy atom. The lowest BCUT2D eigenvalue weighted by Crippen LogP contribution is -1.98. The second-order valence-corrected chi connectivity index (χ2v) is 6.37. The van der Waals surface area contributed by atoms with E-state index in [1.54, 1.807) is 0 Å². The van der Waals surface area contributed by atoms with Crippen LogP contribution in [0, 0.1) is 11.8 Å². The van der Waals surface area contributed by atoms with Gasteiger partial charge in [0.25, 0.3) is 0 Å². The van der Waals surface area contributed by atoms with Crippen LogP contribution >= 0.6 is 0 Å². The fraction of sp³-hybridized carbons (Fsp3) is 0.167. The van der Waals surface area contributed by atoms with Crippen molar-refractivity contribution in [1.82, 2.24) is 0 Å². The number of fused-ring (bicyclic) bond motifs is 3. The molecule has 0 aromatic heterocycles. The Labute approximate surface area is 149 Å². The van der Waals surface area contributed by atoms with Crippen molar-refractivity contribution in [3.8, 4) is 11.8 Å². The van der Waals surface area contributed by atoms with Crippen LogP contribution in [0.2, 0.25) is 0 Å². The fourth-order valence-electron chi connectivity index (χ4n) is 3.01. The number of benzene rings is 3. The first-order valence-electron chi connectivity index (χ1n) is 8.43. The van der Waals surface area contributed by atoms with Gasteiger partial charge in [-0.05, 0) is 46.5 Å². The topological polar surface area (TPSA) is 9.23 Å². The molecule has 0 aliphatic carbocycles. The Morgan fingerprint density at radius 1 is 0.960 bits per heavy atom. The van der Waals surface area contributed by atoms with Crippen LogP contribution < -0.4 is 0 Å². The molecule has 124 valence electrons. The average Bonchev–Trinajstić information content (AvgIpc) is 2.61. The maximum Gasteiger partial charge on any atom is 0.108 e. The molecule has 0 N–H and O–H groups in total. The molecule has 0 spiro atoms. The van der Waals surface area contributed by atoms with E-state index in [0.717, 1.165) is 23.1 Å². The highest BCUT2D eigenvalue weighted by molar-refractivity contribution is 6.09. The van der Waals surface area contributed by atoms with Crippen molar-refractivity contribution in [2.45, 2.75) is 13.3 Å². The van der Waals surface area contributed by atoms with Crippen LogP contribution in [0.4, 0.5) is 0 Å². The first-order valence-corrected chi connectivity index (χ1v) is 8.43. The smallest absolute Gasteiger partial charge is 0.108 e. The number of allylic oxidation sites excluding steroid dienone is 1. The third-order valence-electron chi connectivity index (χ3n) is 4.02. The summed E-state index contributed by atoms with van der Waals surface area (Å²) in [6, 6.07) is 19.0. The summed E-state index contributed by atoms with van der Waals surface area (Å²) in [7, 11) is 0. The average molecular weight is 326 g/mol. The van der Waals surface area contributed by atoms with Gasteiger partial charge in [-0.2, -0.15) is 0 Å². The largest absolute Gasteiger partial charge is 0.364 e. The van der Waals surface area contributed by atoms with E-state index in [0.29, 0.717) is 13.2 Å². The molecule has 0 aliphatic heterocycles. The minimum atomic E-state index is 0.399. The maximum atomic E-state index is 5.60. The molecular formula is C24H22O. The maximum absolute atomic E-state index is 5.60. The van der Waals surface area contributed by atoms with E-state index in [1.807, 2.05) is 6.92 Å². The second kappa shape index (κ2) is 7.83. The summed E-state index contributed by atoms with van der Waals surface area (Å²) in [5.41, 5.74) is 3.17. The number of hydrogen-bond acceptors (Lipinski definition) is 1. The molecule has 0 aliphatic rings. The van der Waals surface area contributed by atoms with Crippen LogP contribution in [-0.4, -0.2) is 13.2 Å². The predicted octanol–water partition coefficient (Wildman–Crippen LogP) is 5.88. The Bertz CT molecular complexity index is 999. The van der Waals surface area contributed by atoms with E-state index in [9.17, 15) is 0 Å². The van der Waals surface area contributed by atoms with E-state index in [2.05, 4.69) is 79.6 Å². The van der Waals surface area contributed by atoms with Crippen molar-refractivity contribution in [2.75, 3.05) is 13.2 Å². The third-order valence-corrected chi connectivity index (χ3v) is 4.02. The summed E-state index contributed by atoms with van der Waals surface area (Å²) in [5.74, 6) is 6.40. The van der Waals surface area contributed by atoms with E-state index in [1.165, 1.54) is 21.5 Å². The molecule has 0 bridgehead atoms. The zero-order valence-corrected chi connectivity index (χ0v) is 14.6. The molecule has 3 aromatic rings. The first-order chi connectivity index (χ1) is 12.1. The monoisotopic (exact) mass is 326 g/mol. The lowest BCUT2D eigenvalue weighted by atomic mass is 9.97. The Balaban J connectivity index is 1.80. The molecule has 0 unspecified atom stereocenters. The molecule has 3 aromatic carbocycles. The third kappa shape index (κ3) is 4.18. The van der Waals surface area contributed by atoms with E-state index in [-0.39, 0.29) is 0 Å². The highest BCUT2D eigenvalue weighted by Gasteiger charge is 2.04. The quantitative estimate of drug-likeness (QED) is 0.246. The summed E-state index contributed by atoms with van der Waals surface area (Å²) in [4.78, 5) is 0. The van der Waals surface area contributed by atoms with Crippen LogP contribution in [0.1, 0.15) is 18.9 Å². The molecule has 1 nitrogen and oxygen atoms in total. The van der Waals surface area contributed by atoms with Crippen LogP contribution in [0.15, 0.2) is 78.9 Å². The molecule has 0 atom stereocenters. The van der Waals surface area contributed by atoms with Gasteiger partial charge in [0.15, 0.2) is 0 Å². The molecule has 0 saturated carbocycles. The second-order valence-electron chi connectivity index (χ2n) is 6.37. The van der Waals surface area contributed by atoms with Crippen LogP contribution in [-0.2, 0) is 4.74 Å². The molecule has 3 rings (SSSR count). The van der Waals surface area contributed by atoms with Gasteiger partial charge in [-0.15, -0.1) is 0 Å². The molecule has 1 heteroatoms. The normalized spacial score (nSPS) is 10.4. The fourth-order valence-corrected chi connectivity index (χ4v) is 3.01. The van der Waals surface area contributed by atoms with Gasteiger partial charge in [0.05, 0.1) is 6.61 Å². The molecular weight excluding hydrogens is 304 g/mol. The lowest BCUT2D eigenvalue weighted by molar-refractivity contribution is 0.191. The highest BCUT2D eigenvalue weighted by atomic mass is 16.5. The lowest BCUT2D eigenvalue weighted by Gasteiger charge is -2.06. The zero-order valence-electron chi connectivity index (χ0n) is 14.6. The van der Waals surface area contributed by atoms with Crippen molar-refractivity contribution in [2.24, 2.45) is 0 Å². The molecule has 0 saturated heterocycles. The highest BCUT2D eigenvalue weighted by Crippen LogP contribution is 2.28. The van der Waals surface area contributed by atoms with Gasteiger partial charge in [-0.1, -0.05) is 79.1 Å². The van der Waals surface area contributed by atoms with E-state index < -0.39 is 0 Å². The van der Waals surface area contributed by atoms with Crippen molar-refractivity contribution >= 4 is 21.5 Å². The van der Waals surface area contributed by atoms with Crippen molar-refractivity contribution in [3.63, 3.8) is 0 Å². The Morgan fingerprint density at radius 3 is 2.40 bits per heavy atom. The summed E-state index contributed by atoms with van der Waals surface area (Å²) < 4.78 is 5.60. The molecule has 0 amide bonds. The standard InChI is InChI=1S/C24H22O/c1-18(2)15-19(3)17-25-14-8-10-21-16-20-9-4-5-11-22(20)24-13-7-6-12-23(21)24/h4-7,9,11-13,16H,1,3,14-15,17H2,2H3. The molecule has 0 fully saturated rings. The molecule has 25 heavy (non-hydrogen) atoms. The van der Waals surface area contributed by atoms with Gasteiger partial charge in [-0.3, -0.25) is 0 Å². The molecule has 0 radical (unpaired) electrons. The summed E-state index contributed by atoms with van der Waals surface area (Å²) in [6.07, 6.45) is 0.808. The van der Waals surface area contributed by atoms with Crippen LogP contribution in [0.5, 0.6) is 0 Å². The van der Waals surface area contributed by atoms with Crippen molar-refractivity contribution < 1.29 is 4.74 Å². The number of hydrogen-bond donors (Lipinski definition) is 0. The van der Waals surface area contributed by atoms with Gasteiger partial charge in [0, 0.05) is 5.56 Å². The molecule has 0 heterocycles. The van der Waals surface area contributed by atoms with Gasteiger partial charge in [0.2, 0.25) is 0 Å².